The van der Waals surface area contributed by atoms with Crippen molar-refractivity contribution < 1.29 is 28.6 Å². The SMILES string of the molecule is COCCOC(=O)Nc1cccc(NC(=O)C2CC(=O)N(c3cc(C)ccc3OC)C2)c1. The number of rotatable bonds is 8. The second kappa shape index (κ2) is 10.6. The van der Waals surface area contributed by atoms with Gasteiger partial charge in [0.05, 0.1) is 25.3 Å². The lowest BCUT2D eigenvalue weighted by molar-refractivity contribution is -0.122. The van der Waals surface area contributed by atoms with Crippen LogP contribution in [0.2, 0.25) is 0 Å². The summed E-state index contributed by atoms with van der Waals surface area (Å²) in [4.78, 5) is 38.8. The molecular weight excluding hydrogens is 414 g/mol. The van der Waals surface area contributed by atoms with E-state index >= 15 is 0 Å². The fourth-order valence-electron chi connectivity index (χ4n) is 3.42. The number of anilines is 3. The average Bonchev–Trinajstić information content (AvgIpc) is 3.16. The summed E-state index contributed by atoms with van der Waals surface area (Å²) in [6.07, 6.45) is -0.512. The van der Waals surface area contributed by atoms with Crippen LogP contribution in [-0.2, 0) is 19.1 Å². The predicted octanol–water partition coefficient (Wildman–Crippen LogP) is 3.19. The molecule has 3 amide bonds. The minimum Gasteiger partial charge on any atom is -0.495 e. The molecule has 0 bridgehead atoms. The molecule has 0 aliphatic carbocycles. The van der Waals surface area contributed by atoms with E-state index in [1.54, 1.807) is 36.3 Å². The van der Waals surface area contributed by atoms with Crippen LogP contribution >= 0.6 is 0 Å². The summed E-state index contributed by atoms with van der Waals surface area (Å²) in [6.45, 7) is 2.63. The van der Waals surface area contributed by atoms with E-state index in [0.29, 0.717) is 29.4 Å². The van der Waals surface area contributed by atoms with Gasteiger partial charge in [-0.25, -0.2) is 4.79 Å². The van der Waals surface area contributed by atoms with Crippen molar-refractivity contribution in [2.24, 2.45) is 5.92 Å². The van der Waals surface area contributed by atoms with Gasteiger partial charge in [0.15, 0.2) is 0 Å². The zero-order valence-electron chi connectivity index (χ0n) is 18.3. The third-order valence-corrected chi connectivity index (χ3v) is 5.02. The number of methoxy groups -OCH3 is 2. The summed E-state index contributed by atoms with van der Waals surface area (Å²) in [6, 6.07) is 12.3. The number of benzene rings is 2. The quantitative estimate of drug-likeness (QED) is 0.610. The highest BCUT2D eigenvalue weighted by molar-refractivity contribution is 6.04. The minimum atomic E-state index is -0.616. The number of carbonyl (C=O) groups excluding carboxylic acids is 3. The molecule has 1 aliphatic rings. The van der Waals surface area contributed by atoms with E-state index in [4.69, 9.17) is 14.2 Å². The van der Waals surface area contributed by atoms with E-state index in [1.807, 2.05) is 25.1 Å². The second-order valence-electron chi connectivity index (χ2n) is 7.40. The molecule has 0 saturated carbocycles. The van der Waals surface area contributed by atoms with Crippen molar-refractivity contribution in [2.75, 3.05) is 49.5 Å². The summed E-state index contributed by atoms with van der Waals surface area (Å²) < 4.78 is 15.2. The molecule has 2 aromatic carbocycles. The van der Waals surface area contributed by atoms with Gasteiger partial charge in [0.1, 0.15) is 12.4 Å². The first-order valence-corrected chi connectivity index (χ1v) is 10.2. The van der Waals surface area contributed by atoms with Gasteiger partial charge < -0.3 is 24.4 Å². The van der Waals surface area contributed by atoms with Crippen molar-refractivity contribution >= 4 is 35.0 Å². The Bertz CT molecular complexity index is 993. The van der Waals surface area contributed by atoms with Gasteiger partial charge >= 0.3 is 6.09 Å². The molecule has 32 heavy (non-hydrogen) atoms. The largest absolute Gasteiger partial charge is 0.495 e. The number of ether oxygens (including phenoxy) is 3. The third kappa shape index (κ3) is 5.76. The molecule has 1 saturated heterocycles. The van der Waals surface area contributed by atoms with Gasteiger partial charge in [0.25, 0.3) is 0 Å². The lowest BCUT2D eigenvalue weighted by Crippen LogP contribution is -2.28. The zero-order chi connectivity index (χ0) is 23.1. The van der Waals surface area contributed by atoms with Crippen LogP contribution in [0.4, 0.5) is 21.9 Å². The maximum atomic E-state index is 12.8. The molecule has 1 aliphatic heterocycles. The summed E-state index contributed by atoms with van der Waals surface area (Å²) in [7, 11) is 3.06. The lowest BCUT2D eigenvalue weighted by Gasteiger charge is -2.20. The molecule has 1 heterocycles. The Morgan fingerprint density at radius 3 is 2.53 bits per heavy atom. The van der Waals surface area contributed by atoms with E-state index in [9.17, 15) is 14.4 Å². The number of hydrogen-bond donors (Lipinski definition) is 2. The van der Waals surface area contributed by atoms with Crippen molar-refractivity contribution in [1.82, 2.24) is 0 Å². The van der Waals surface area contributed by atoms with Gasteiger partial charge in [0.2, 0.25) is 11.8 Å². The van der Waals surface area contributed by atoms with E-state index in [1.165, 1.54) is 7.11 Å². The van der Waals surface area contributed by atoms with E-state index in [2.05, 4.69) is 10.6 Å². The summed E-state index contributed by atoms with van der Waals surface area (Å²) >= 11 is 0. The van der Waals surface area contributed by atoms with Crippen molar-refractivity contribution in [1.29, 1.82) is 0 Å². The smallest absolute Gasteiger partial charge is 0.411 e. The molecule has 1 atom stereocenters. The van der Waals surface area contributed by atoms with Gasteiger partial charge in [-0.1, -0.05) is 12.1 Å². The second-order valence-corrected chi connectivity index (χ2v) is 7.40. The summed E-state index contributed by atoms with van der Waals surface area (Å²) in [5.74, 6) is -0.333. The van der Waals surface area contributed by atoms with Crippen LogP contribution in [0.25, 0.3) is 0 Å². The van der Waals surface area contributed by atoms with Crippen molar-refractivity contribution in [3.8, 4) is 5.75 Å². The highest BCUT2D eigenvalue weighted by Gasteiger charge is 2.36. The molecule has 0 aromatic heterocycles. The molecule has 0 radical (unpaired) electrons. The monoisotopic (exact) mass is 441 g/mol. The van der Waals surface area contributed by atoms with Crippen LogP contribution in [-0.4, -0.2) is 51.9 Å². The average molecular weight is 441 g/mol. The molecule has 9 heteroatoms. The fraction of sp³-hybridized carbons (Fsp3) is 0.348. The van der Waals surface area contributed by atoms with Crippen molar-refractivity contribution in [2.45, 2.75) is 13.3 Å². The summed E-state index contributed by atoms with van der Waals surface area (Å²) in [5, 5.41) is 5.41. The fourth-order valence-corrected chi connectivity index (χ4v) is 3.42. The van der Waals surface area contributed by atoms with E-state index in [0.717, 1.165) is 5.56 Å². The maximum Gasteiger partial charge on any atom is 0.411 e. The first kappa shape index (κ1) is 23.1. The predicted molar refractivity (Wildman–Crippen MR) is 120 cm³/mol. The molecule has 2 aromatic rings. The lowest BCUT2D eigenvalue weighted by atomic mass is 10.1. The van der Waals surface area contributed by atoms with Crippen molar-refractivity contribution in [3.05, 3.63) is 48.0 Å². The molecular formula is C23H27N3O6. The highest BCUT2D eigenvalue weighted by Crippen LogP contribution is 2.34. The Labute approximate surface area is 186 Å². The Balaban J connectivity index is 1.63. The highest BCUT2D eigenvalue weighted by atomic mass is 16.6. The van der Waals surface area contributed by atoms with Crippen LogP contribution in [0, 0.1) is 12.8 Å². The van der Waals surface area contributed by atoms with Gasteiger partial charge in [-0.2, -0.15) is 0 Å². The molecule has 2 N–H and O–H groups in total. The summed E-state index contributed by atoms with van der Waals surface area (Å²) in [5.41, 5.74) is 2.63. The number of aryl methyl sites for hydroxylation is 1. The van der Waals surface area contributed by atoms with E-state index < -0.39 is 12.0 Å². The third-order valence-electron chi connectivity index (χ3n) is 5.02. The Hall–Kier alpha value is -3.59. The standard InChI is InChI=1S/C23H27N3O6/c1-15-7-8-20(31-3)19(11-15)26-14-16(12-21(26)27)22(28)24-17-5-4-6-18(13-17)25-23(29)32-10-9-30-2/h4-8,11,13,16H,9-10,12,14H2,1-3H3,(H,24,28)(H,25,29). The topological polar surface area (TPSA) is 106 Å². The van der Waals surface area contributed by atoms with Gasteiger partial charge in [0, 0.05) is 31.5 Å². The Morgan fingerprint density at radius 2 is 1.81 bits per heavy atom. The Morgan fingerprint density at radius 1 is 1.06 bits per heavy atom. The molecule has 1 fully saturated rings. The van der Waals surface area contributed by atoms with Crippen LogP contribution in [0.3, 0.4) is 0 Å². The van der Waals surface area contributed by atoms with Gasteiger partial charge in [-0.3, -0.25) is 14.9 Å². The van der Waals surface area contributed by atoms with Gasteiger partial charge in [-0.05, 0) is 42.8 Å². The van der Waals surface area contributed by atoms with Crippen molar-refractivity contribution in [3.63, 3.8) is 0 Å². The number of nitrogens with zero attached hydrogens (tertiary/aromatic N) is 1. The molecule has 9 nitrogen and oxygen atoms in total. The van der Waals surface area contributed by atoms with E-state index in [-0.39, 0.29) is 31.4 Å². The molecule has 3 rings (SSSR count). The molecule has 170 valence electrons. The zero-order valence-corrected chi connectivity index (χ0v) is 18.3. The molecule has 1 unspecified atom stereocenters. The van der Waals surface area contributed by atoms with Crippen LogP contribution in [0.5, 0.6) is 5.75 Å². The number of nitrogens with one attached hydrogen (secondary N) is 2. The van der Waals surface area contributed by atoms with Crippen LogP contribution < -0.4 is 20.3 Å². The molecule has 0 spiro atoms. The Kier molecular flexibility index (Phi) is 7.67. The van der Waals surface area contributed by atoms with Gasteiger partial charge in [-0.15, -0.1) is 0 Å². The first-order valence-electron chi connectivity index (χ1n) is 10.2. The normalized spacial score (nSPS) is 15.4. The minimum absolute atomic E-state index is 0.104. The van der Waals surface area contributed by atoms with Crippen LogP contribution in [0.15, 0.2) is 42.5 Å². The van der Waals surface area contributed by atoms with Crippen LogP contribution in [0.1, 0.15) is 12.0 Å². The number of carbonyl (C=O) groups is 3. The maximum absolute atomic E-state index is 12.8. The number of amides is 3. The number of hydrogen-bond acceptors (Lipinski definition) is 6. The first-order chi connectivity index (χ1) is 15.4.